The lowest BCUT2D eigenvalue weighted by Gasteiger charge is -2.19. The van der Waals surface area contributed by atoms with Crippen LogP contribution in [0, 0.1) is 0 Å². The molecule has 0 saturated heterocycles. The van der Waals surface area contributed by atoms with E-state index in [9.17, 15) is 0 Å². The Kier molecular flexibility index (Phi) is 8.68. The third kappa shape index (κ3) is 6.46. The molecule has 11 rings (SSSR count). The zero-order chi connectivity index (χ0) is 39.1. The van der Waals surface area contributed by atoms with Crippen molar-refractivity contribution in [2.75, 3.05) is 0 Å². The number of nitrogens with zero attached hydrogens (tertiary/aromatic N) is 3. The van der Waals surface area contributed by atoms with E-state index in [0.717, 1.165) is 27.8 Å². The second kappa shape index (κ2) is 14.8. The molecule has 0 amide bonds. The van der Waals surface area contributed by atoms with Crippen molar-refractivity contribution < 1.29 is 0 Å². The minimum absolute atomic E-state index is 0.630. The zero-order valence-corrected chi connectivity index (χ0v) is 32.8. The van der Waals surface area contributed by atoms with Gasteiger partial charge in [-0.05, 0) is 85.6 Å². The third-order valence-corrected chi connectivity index (χ3v) is 12.2. The lowest BCUT2D eigenvalue weighted by atomic mass is 9.84. The molecule has 0 fully saturated rings. The van der Waals surface area contributed by atoms with Gasteiger partial charge in [0.05, 0.1) is 0 Å². The van der Waals surface area contributed by atoms with Crippen LogP contribution in [0.25, 0.3) is 110 Å². The predicted octanol–water partition coefficient (Wildman–Crippen LogP) is 15.1. The highest BCUT2D eigenvalue weighted by Crippen LogP contribution is 2.44. The maximum Gasteiger partial charge on any atom is 0.164 e. The Bertz CT molecular complexity index is 3240. The molecule has 2 heterocycles. The summed E-state index contributed by atoms with van der Waals surface area (Å²) in [6, 6.07) is 75.3. The molecule has 59 heavy (non-hydrogen) atoms. The van der Waals surface area contributed by atoms with Gasteiger partial charge in [0.2, 0.25) is 0 Å². The van der Waals surface area contributed by atoms with Crippen molar-refractivity contribution in [2.45, 2.75) is 0 Å². The van der Waals surface area contributed by atoms with Crippen LogP contribution >= 0.6 is 11.3 Å². The number of rotatable bonds is 7. The summed E-state index contributed by atoms with van der Waals surface area (Å²) in [5, 5.41) is 5.08. The van der Waals surface area contributed by atoms with Gasteiger partial charge >= 0.3 is 0 Å². The fourth-order valence-corrected chi connectivity index (χ4v) is 9.45. The lowest BCUT2D eigenvalue weighted by Crippen LogP contribution is -2.00. The summed E-state index contributed by atoms with van der Waals surface area (Å²) in [4.78, 5) is 15.4. The molecule has 0 N–H and O–H groups in total. The van der Waals surface area contributed by atoms with Gasteiger partial charge in [0.1, 0.15) is 0 Å². The van der Waals surface area contributed by atoms with Crippen molar-refractivity contribution in [1.82, 2.24) is 15.0 Å². The molecule has 0 bridgehead atoms. The number of thiophene rings is 1. The van der Waals surface area contributed by atoms with Gasteiger partial charge in [-0.2, -0.15) is 0 Å². The first-order chi connectivity index (χ1) is 29.2. The molecular formula is C55H35N3S. The molecule has 3 nitrogen and oxygen atoms in total. The van der Waals surface area contributed by atoms with E-state index in [4.69, 9.17) is 15.0 Å². The Morgan fingerprint density at radius 2 is 0.797 bits per heavy atom. The van der Waals surface area contributed by atoms with Gasteiger partial charge in [-0.15, -0.1) is 11.3 Å². The van der Waals surface area contributed by atoms with Crippen molar-refractivity contribution in [3.63, 3.8) is 0 Å². The average Bonchev–Trinajstić information content (AvgIpc) is 3.71. The van der Waals surface area contributed by atoms with Crippen LogP contribution < -0.4 is 0 Å². The molecule has 0 aliphatic heterocycles. The van der Waals surface area contributed by atoms with Gasteiger partial charge in [0.25, 0.3) is 0 Å². The molecule has 0 aliphatic rings. The highest BCUT2D eigenvalue weighted by Gasteiger charge is 2.19. The van der Waals surface area contributed by atoms with E-state index in [2.05, 4.69) is 194 Å². The highest BCUT2D eigenvalue weighted by molar-refractivity contribution is 7.26. The molecule has 0 aliphatic carbocycles. The first kappa shape index (κ1) is 34.7. The second-order valence-electron chi connectivity index (χ2n) is 14.8. The van der Waals surface area contributed by atoms with Crippen molar-refractivity contribution in [2.24, 2.45) is 0 Å². The van der Waals surface area contributed by atoms with E-state index in [1.807, 2.05) is 29.5 Å². The smallest absolute Gasteiger partial charge is 0.164 e. The van der Waals surface area contributed by atoms with E-state index >= 15 is 0 Å². The largest absolute Gasteiger partial charge is 0.208 e. The molecule has 0 unspecified atom stereocenters. The Morgan fingerprint density at radius 3 is 1.44 bits per heavy atom. The molecule has 2 aromatic heterocycles. The minimum atomic E-state index is 0.630. The number of benzene rings is 9. The fraction of sp³-hybridized carbons (Fsp3) is 0. The van der Waals surface area contributed by atoms with Crippen LogP contribution in [0.3, 0.4) is 0 Å². The van der Waals surface area contributed by atoms with Crippen LogP contribution in [0.1, 0.15) is 0 Å². The summed E-state index contributed by atoms with van der Waals surface area (Å²) in [5.41, 5.74) is 12.1. The van der Waals surface area contributed by atoms with Crippen LogP contribution in [0.15, 0.2) is 212 Å². The van der Waals surface area contributed by atoms with Gasteiger partial charge in [-0.25, -0.2) is 15.0 Å². The van der Waals surface area contributed by atoms with Crippen molar-refractivity contribution >= 4 is 42.3 Å². The first-order valence-corrected chi connectivity index (χ1v) is 20.7. The van der Waals surface area contributed by atoms with Crippen LogP contribution in [-0.2, 0) is 0 Å². The average molecular weight is 770 g/mol. The Hall–Kier alpha value is -7.53. The van der Waals surface area contributed by atoms with E-state index < -0.39 is 0 Å². The summed E-state index contributed by atoms with van der Waals surface area (Å²) >= 11 is 1.81. The molecule has 9 aromatic carbocycles. The first-order valence-electron chi connectivity index (χ1n) is 19.8. The van der Waals surface area contributed by atoms with Crippen LogP contribution in [0.2, 0.25) is 0 Å². The Morgan fingerprint density at radius 1 is 0.288 bits per heavy atom. The van der Waals surface area contributed by atoms with Crippen molar-refractivity contribution in [3.05, 3.63) is 212 Å². The second-order valence-corrected chi connectivity index (χ2v) is 15.9. The van der Waals surface area contributed by atoms with Crippen LogP contribution in [0.4, 0.5) is 0 Å². The molecule has 4 heteroatoms. The molecule has 0 spiro atoms. The van der Waals surface area contributed by atoms with E-state index in [1.54, 1.807) is 0 Å². The van der Waals surface area contributed by atoms with Gasteiger partial charge in [-0.1, -0.05) is 182 Å². The molecule has 276 valence electrons. The summed E-state index contributed by atoms with van der Waals surface area (Å²) in [5.74, 6) is 1.92. The summed E-state index contributed by atoms with van der Waals surface area (Å²) in [6.07, 6.45) is 0. The Balaban J connectivity index is 1.08. The number of fused-ring (bicyclic) bond motifs is 5. The fourth-order valence-electron chi connectivity index (χ4n) is 8.29. The topological polar surface area (TPSA) is 38.7 Å². The molecule has 0 radical (unpaired) electrons. The highest BCUT2D eigenvalue weighted by atomic mass is 32.1. The standard InChI is InChI=1S/C55H35N3S/c1-5-16-36(17-6-1)47-33-44(34-48(37-18-7-2-8-19-37)51(47)39-21-9-3-10-22-39)41-25-15-26-42(32-41)54-56-53(40-23-11-4-12-24-40)57-55(58-54)43-28-30-46-50(35-43)59-49-31-29-38-20-13-14-27-45(38)52(46)49/h1-35H. The molecule has 11 aromatic rings. The van der Waals surface area contributed by atoms with E-state index in [-0.39, 0.29) is 0 Å². The third-order valence-electron chi connectivity index (χ3n) is 11.1. The van der Waals surface area contributed by atoms with E-state index in [1.165, 1.54) is 64.3 Å². The Labute approximate surface area is 346 Å². The maximum atomic E-state index is 5.21. The molecule has 0 saturated carbocycles. The lowest BCUT2D eigenvalue weighted by molar-refractivity contribution is 1.07. The monoisotopic (exact) mass is 769 g/mol. The number of aromatic nitrogens is 3. The normalized spacial score (nSPS) is 11.4. The van der Waals surface area contributed by atoms with Gasteiger partial charge in [0.15, 0.2) is 17.5 Å². The molecule has 0 atom stereocenters. The number of hydrogen-bond acceptors (Lipinski definition) is 4. The summed E-state index contributed by atoms with van der Waals surface area (Å²) in [7, 11) is 0. The summed E-state index contributed by atoms with van der Waals surface area (Å²) < 4.78 is 2.48. The maximum absolute atomic E-state index is 5.21. The quantitative estimate of drug-likeness (QED) is 0.162. The van der Waals surface area contributed by atoms with Crippen molar-refractivity contribution in [3.8, 4) is 78.7 Å². The van der Waals surface area contributed by atoms with Gasteiger partial charge in [-0.3, -0.25) is 0 Å². The molecular weight excluding hydrogens is 735 g/mol. The van der Waals surface area contributed by atoms with E-state index in [0.29, 0.717) is 17.5 Å². The van der Waals surface area contributed by atoms with Gasteiger partial charge < -0.3 is 0 Å². The van der Waals surface area contributed by atoms with Gasteiger partial charge in [0, 0.05) is 36.9 Å². The SMILES string of the molecule is c1ccc(-c2nc(-c3cccc(-c4cc(-c5ccccc5)c(-c5ccccc5)c(-c5ccccc5)c4)c3)nc(-c3ccc4c(c3)sc3ccc5ccccc5c34)n2)cc1. The van der Waals surface area contributed by atoms with Crippen LogP contribution in [-0.4, -0.2) is 15.0 Å². The minimum Gasteiger partial charge on any atom is -0.208 e. The predicted molar refractivity (Wildman–Crippen MR) is 248 cm³/mol. The van der Waals surface area contributed by atoms with Crippen LogP contribution in [0.5, 0.6) is 0 Å². The number of hydrogen-bond donors (Lipinski definition) is 0. The van der Waals surface area contributed by atoms with Crippen molar-refractivity contribution in [1.29, 1.82) is 0 Å². The summed E-state index contributed by atoms with van der Waals surface area (Å²) in [6.45, 7) is 0. The zero-order valence-electron chi connectivity index (χ0n) is 32.0.